The Kier molecular flexibility index (Phi) is 5.29. The van der Waals surface area contributed by atoms with Crippen molar-refractivity contribution in [1.29, 1.82) is 0 Å². The van der Waals surface area contributed by atoms with E-state index in [2.05, 4.69) is 5.32 Å². The standard InChI is InChI=1S/C14H26N2O2/c17-11-13-7-5-6-12(13)10-15-14(18)16-8-3-1-2-4-9-16/h12-13,17H,1-11H2,(H,15,18). The van der Waals surface area contributed by atoms with Gasteiger partial charge in [0, 0.05) is 26.2 Å². The number of nitrogens with one attached hydrogen (secondary N) is 1. The highest BCUT2D eigenvalue weighted by molar-refractivity contribution is 5.74. The van der Waals surface area contributed by atoms with Crippen LogP contribution in [0.3, 0.4) is 0 Å². The molecule has 4 nitrogen and oxygen atoms in total. The second kappa shape index (κ2) is 6.98. The fourth-order valence-electron chi connectivity index (χ4n) is 3.23. The fraction of sp³-hybridized carbons (Fsp3) is 0.929. The number of likely N-dealkylation sites (tertiary alicyclic amines) is 1. The molecular formula is C14H26N2O2. The van der Waals surface area contributed by atoms with E-state index in [1.54, 1.807) is 0 Å². The molecule has 104 valence electrons. The molecule has 2 unspecified atom stereocenters. The molecule has 0 radical (unpaired) electrons. The maximum absolute atomic E-state index is 12.1. The van der Waals surface area contributed by atoms with Crippen LogP contribution in [0.25, 0.3) is 0 Å². The summed E-state index contributed by atoms with van der Waals surface area (Å²) < 4.78 is 0. The minimum absolute atomic E-state index is 0.0977. The Morgan fingerprint density at radius 1 is 1.06 bits per heavy atom. The average Bonchev–Trinajstić information content (AvgIpc) is 2.67. The molecule has 2 atom stereocenters. The fourth-order valence-corrected chi connectivity index (χ4v) is 3.23. The largest absolute Gasteiger partial charge is 0.396 e. The second-order valence-electron chi connectivity index (χ2n) is 5.72. The first-order valence-corrected chi connectivity index (χ1v) is 7.45. The highest BCUT2D eigenvalue weighted by Gasteiger charge is 2.27. The molecule has 1 saturated carbocycles. The second-order valence-corrected chi connectivity index (χ2v) is 5.72. The SMILES string of the molecule is O=C(NCC1CCCC1CO)N1CCCCCC1. The van der Waals surface area contributed by atoms with Crippen molar-refractivity contribution in [3.63, 3.8) is 0 Å². The lowest BCUT2D eigenvalue weighted by Gasteiger charge is -2.23. The molecule has 2 N–H and O–H groups in total. The predicted octanol–water partition coefficient (Wildman–Crippen LogP) is 1.98. The summed E-state index contributed by atoms with van der Waals surface area (Å²) >= 11 is 0. The number of carbonyl (C=O) groups excluding carboxylic acids is 1. The van der Waals surface area contributed by atoms with E-state index in [1.807, 2.05) is 4.90 Å². The Bertz CT molecular complexity index is 263. The predicted molar refractivity (Wildman–Crippen MR) is 71.4 cm³/mol. The van der Waals surface area contributed by atoms with Gasteiger partial charge in [-0.15, -0.1) is 0 Å². The Balaban J connectivity index is 1.73. The van der Waals surface area contributed by atoms with Crippen LogP contribution in [0.15, 0.2) is 0 Å². The molecule has 2 aliphatic rings. The molecule has 0 aromatic rings. The van der Waals surface area contributed by atoms with Crippen molar-refractivity contribution in [2.24, 2.45) is 11.8 Å². The molecule has 0 aromatic heterocycles. The van der Waals surface area contributed by atoms with Gasteiger partial charge in [-0.1, -0.05) is 19.3 Å². The Morgan fingerprint density at radius 3 is 2.39 bits per heavy atom. The van der Waals surface area contributed by atoms with Gasteiger partial charge < -0.3 is 15.3 Å². The van der Waals surface area contributed by atoms with Crippen LogP contribution in [-0.4, -0.2) is 42.3 Å². The van der Waals surface area contributed by atoms with Crippen LogP contribution in [0.4, 0.5) is 4.79 Å². The zero-order valence-corrected chi connectivity index (χ0v) is 11.2. The number of urea groups is 1. The summed E-state index contributed by atoms with van der Waals surface area (Å²) in [6.07, 6.45) is 8.21. The molecule has 2 rings (SSSR count). The molecule has 0 bridgehead atoms. The average molecular weight is 254 g/mol. The number of amides is 2. The molecule has 1 aliphatic carbocycles. The first kappa shape index (κ1) is 13.7. The molecule has 1 heterocycles. The highest BCUT2D eigenvalue weighted by atomic mass is 16.3. The number of nitrogens with zero attached hydrogens (tertiary/aromatic N) is 1. The molecule has 2 amide bonds. The van der Waals surface area contributed by atoms with Crippen molar-refractivity contribution in [3.05, 3.63) is 0 Å². The van der Waals surface area contributed by atoms with Crippen LogP contribution in [0, 0.1) is 11.8 Å². The molecule has 4 heteroatoms. The van der Waals surface area contributed by atoms with Crippen LogP contribution in [-0.2, 0) is 0 Å². The number of aliphatic hydroxyl groups excluding tert-OH is 1. The first-order chi connectivity index (χ1) is 8.81. The van der Waals surface area contributed by atoms with Gasteiger partial charge in [0.15, 0.2) is 0 Å². The van der Waals surface area contributed by atoms with Crippen LogP contribution in [0.1, 0.15) is 44.9 Å². The summed E-state index contributed by atoms with van der Waals surface area (Å²) in [6.45, 7) is 2.81. The molecule has 1 aliphatic heterocycles. The van der Waals surface area contributed by atoms with E-state index in [0.29, 0.717) is 11.8 Å². The van der Waals surface area contributed by atoms with Gasteiger partial charge >= 0.3 is 6.03 Å². The third-order valence-corrected chi connectivity index (χ3v) is 4.46. The summed E-state index contributed by atoms with van der Waals surface area (Å²) in [5.74, 6) is 0.875. The number of carbonyl (C=O) groups is 1. The lowest BCUT2D eigenvalue weighted by atomic mass is 9.97. The van der Waals surface area contributed by atoms with E-state index in [1.165, 1.54) is 19.3 Å². The molecule has 1 saturated heterocycles. The van der Waals surface area contributed by atoms with Crippen molar-refractivity contribution in [1.82, 2.24) is 10.2 Å². The van der Waals surface area contributed by atoms with Crippen molar-refractivity contribution in [2.45, 2.75) is 44.9 Å². The third kappa shape index (κ3) is 3.61. The maximum atomic E-state index is 12.1. The quantitative estimate of drug-likeness (QED) is 0.809. The number of aliphatic hydroxyl groups is 1. The number of hydrogen-bond acceptors (Lipinski definition) is 2. The lowest BCUT2D eigenvalue weighted by Crippen LogP contribution is -2.42. The van der Waals surface area contributed by atoms with Crippen molar-refractivity contribution in [3.8, 4) is 0 Å². The molecule has 2 fully saturated rings. The van der Waals surface area contributed by atoms with Crippen LogP contribution in [0.5, 0.6) is 0 Å². The first-order valence-electron chi connectivity index (χ1n) is 7.45. The summed E-state index contributed by atoms with van der Waals surface area (Å²) in [4.78, 5) is 14.0. The van der Waals surface area contributed by atoms with Crippen molar-refractivity contribution >= 4 is 6.03 Å². The topological polar surface area (TPSA) is 52.6 Å². The summed E-state index contributed by atoms with van der Waals surface area (Å²) in [6, 6.07) is 0.0977. The van der Waals surface area contributed by atoms with E-state index in [-0.39, 0.29) is 12.6 Å². The minimum Gasteiger partial charge on any atom is -0.396 e. The summed E-state index contributed by atoms with van der Waals surface area (Å²) in [5.41, 5.74) is 0. The van der Waals surface area contributed by atoms with E-state index in [4.69, 9.17) is 0 Å². The molecular weight excluding hydrogens is 228 g/mol. The Labute approximate surface area is 110 Å². The van der Waals surface area contributed by atoms with Crippen molar-refractivity contribution < 1.29 is 9.90 Å². The third-order valence-electron chi connectivity index (χ3n) is 4.46. The lowest BCUT2D eigenvalue weighted by molar-refractivity contribution is 0.180. The van der Waals surface area contributed by atoms with Gasteiger partial charge in [0.05, 0.1) is 0 Å². The number of rotatable bonds is 3. The van der Waals surface area contributed by atoms with Crippen molar-refractivity contribution in [2.75, 3.05) is 26.2 Å². The van der Waals surface area contributed by atoms with Crippen LogP contribution in [0.2, 0.25) is 0 Å². The smallest absolute Gasteiger partial charge is 0.317 e. The van der Waals surface area contributed by atoms with Gasteiger partial charge in [-0.25, -0.2) is 4.79 Å². The molecule has 0 aromatic carbocycles. The zero-order valence-electron chi connectivity index (χ0n) is 11.2. The minimum atomic E-state index is 0.0977. The van der Waals surface area contributed by atoms with Crippen LogP contribution >= 0.6 is 0 Å². The molecule has 0 spiro atoms. The summed E-state index contributed by atoms with van der Waals surface area (Å²) in [7, 11) is 0. The van der Waals surface area contributed by atoms with E-state index in [9.17, 15) is 9.90 Å². The zero-order chi connectivity index (χ0) is 12.8. The van der Waals surface area contributed by atoms with E-state index >= 15 is 0 Å². The normalized spacial score (nSPS) is 29.1. The number of hydrogen-bond donors (Lipinski definition) is 2. The summed E-state index contributed by atoms with van der Waals surface area (Å²) in [5, 5.41) is 12.3. The molecule has 18 heavy (non-hydrogen) atoms. The van der Waals surface area contributed by atoms with Crippen LogP contribution < -0.4 is 5.32 Å². The van der Waals surface area contributed by atoms with Gasteiger partial charge in [0.1, 0.15) is 0 Å². The van der Waals surface area contributed by atoms with Gasteiger partial charge in [-0.05, 0) is 37.5 Å². The van der Waals surface area contributed by atoms with E-state index in [0.717, 1.165) is 45.3 Å². The Morgan fingerprint density at radius 2 is 1.72 bits per heavy atom. The Hall–Kier alpha value is -0.770. The van der Waals surface area contributed by atoms with Gasteiger partial charge in [0.25, 0.3) is 0 Å². The van der Waals surface area contributed by atoms with Gasteiger partial charge in [-0.3, -0.25) is 0 Å². The van der Waals surface area contributed by atoms with Gasteiger partial charge in [-0.2, -0.15) is 0 Å². The highest BCUT2D eigenvalue weighted by Crippen LogP contribution is 2.30. The monoisotopic (exact) mass is 254 g/mol. The maximum Gasteiger partial charge on any atom is 0.317 e. The van der Waals surface area contributed by atoms with Gasteiger partial charge in [0.2, 0.25) is 0 Å². The van der Waals surface area contributed by atoms with E-state index < -0.39 is 0 Å².